The lowest BCUT2D eigenvalue weighted by atomic mass is 10.1. The van der Waals surface area contributed by atoms with E-state index in [1.165, 1.54) is 4.88 Å². The third kappa shape index (κ3) is 6.99. The number of carbonyl (C=O) groups is 1. The van der Waals surface area contributed by atoms with Crippen LogP contribution < -0.4 is 16.0 Å². The van der Waals surface area contributed by atoms with Gasteiger partial charge in [0.05, 0.1) is 6.54 Å². The van der Waals surface area contributed by atoms with E-state index in [1.807, 2.05) is 44.3 Å². The molecule has 0 aliphatic rings. The molecule has 6 nitrogen and oxygen atoms in total. The molecule has 3 N–H and O–H groups in total. The zero-order chi connectivity index (χ0) is 17.4. The minimum atomic E-state index is -0.0546. The molecule has 0 saturated heterocycles. The minimum absolute atomic E-state index is 0. The van der Waals surface area contributed by atoms with Crippen LogP contribution in [0.2, 0.25) is 0 Å². The van der Waals surface area contributed by atoms with Crippen molar-refractivity contribution < 1.29 is 4.79 Å². The normalized spacial score (nSPS) is 10.8. The fraction of sp³-hybridized carbons (Fsp3) is 0.353. The maximum atomic E-state index is 11.9. The molecule has 0 radical (unpaired) electrons. The first-order valence-corrected chi connectivity index (χ1v) is 8.67. The summed E-state index contributed by atoms with van der Waals surface area (Å²) in [4.78, 5) is 21.6. The lowest BCUT2D eigenvalue weighted by Gasteiger charge is -2.11. The van der Waals surface area contributed by atoms with Gasteiger partial charge >= 0.3 is 0 Å². The molecular weight excluding hydrogens is 449 g/mol. The smallest absolute Gasteiger partial charge is 0.251 e. The van der Waals surface area contributed by atoms with Crippen LogP contribution in [-0.4, -0.2) is 30.4 Å². The van der Waals surface area contributed by atoms with Crippen LogP contribution in [0, 0.1) is 6.92 Å². The van der Waals surface area contributed by atoms with Crippen molar-refractivity contribution in [2.24, 2.45) is 4.99 Å². The highest BCUT2D eigenvalue weighted by Crippen LogP contribution is 2.10. The molecule has 0 spiro atoms. The molecular formula is C17H24IN5OS. The first-order chi connectivity index (χ1) is 11.6. The summed E-state index contributed by atoms with van der Waals surface area (Å²) in [6.45, 7) is 5.79. The SMILES string of the molecule is CCNC(=O)c1cccc(CNC(=NC)NCc2ncc(C)s2)c1.I. The van der Waals surface area contributed by atoms with Gasteiger partial charge in [0.15, 0.2) is 5.96 Å². The molecule has 2 aromatic rings. The summed E-state index contributed by atoms with van der Waals surface area (Å²) in [7, 11) is 1.73. The lowest BCUT2D eigenvalue weighted by molar-refractivity contribution is 0.0955. The number of thiazole rings is 1. The van der Waals surface area contributed by atoms with Gasteiger partial charge in [-0.2, -0.15) is 0 Å². The quantitative estimate of drug-likeness (QED) is 0.343. The highest BCUT2D eigenvalue weighted by Gasteiger charge is 2.06. The molecule has 0 saturated carbocycles. The van der Waals surface area contributed by atoms with Crippen molar-refractivity contribution in [1.82, 2.24) is 20.9 Å². The Morgan fingerprint density at radius 2 is 2.00 bits per heavy atom. The molecule has 0 aliphatic carbocycles. The molecule has 0 unspecified atom stereocenters. The summed E-state index contributed by atoms with van der Waals surface area (Å²) < 4.78 is 0. The van der Waals surface area contributed by atoms with E-state index in [0.717, 1.165) is 10.6 Å². The van der Waals surface area contributed by atoms with E-state index >= 15 is 0 Å². The number of hydrogen-bond donors (Lipinski definition) is 3. The number of guanidine groups is 1. The van der Waals surface area contributed by atoms with Gasteiger partial charge in [-0.05, 0) is 31.5 Å². The first-order valence-electron chi connectivity index (χ1n) is 7.85. The monoisotopic (exact) mass is 473 g/mol. The summed E-state index contributed by atoms with van der Waals surface area (Å²) in [5, 5.41) is 10.3. The largest absolute Gasteiger partial charge is 0.352 e. The Hall–Kier alpha value is -1.68. The van der Waals surface area contributed by atoms with Crippen LogP contribution in [-0.2, 0) is 13.1 Å². The van der Waals surface area contributed by atoms with Crippen LogP contribution in [0.5, 0.6) is 0 Å². The lowest BCUT2D eigenvalue weighted by Crippen LogP contribution is -2.36. The van der Waals surface area contributed by atoms with Crippen molar-refractivity contribution >= 4 is 47.2 Å². The number of aliphatic imine (C=N–C) groups is 1. The molecule has 0 aliphatic heterocycles. The summed E-state index contributed by atoms with van der Waals surface area (Å²) in [5.74, 6) is 0.646. The van der Waals surface area contributed by atoms with Gasteiger partial charge in [-0.1, -0.05) is 12.1 Å². The molecule has 0 atom stereocenters. The summed E-state index contributed by atoms with van der Waals surface area (Å²) in [6, 6.07) is 7.56. The Kier molecular flexibility index (Phi) is 9.43. The van der Waals surface area contributed by atoms with Crippen LogP contribution >= 0.6 is 35.3 Å². The Bertz CT molecular complexity index is 717. The van der Waals surface area contributed by atoms with Crippen LogP contribution in [0.1, 0.15) is 32.7 Å². The number of halogens is 1. The van der Waals surface area contributed by atoms with Crippen molar-refractivity contribution in [3.8, 4) is 0 Å². The van der Waals surface area contributed by atoms with Gasteiger partial charge in [-0.3, -0.25) is 9.79 Å². The molecule has 1 amide bonds. The van der Waals surface area contributed by atoms with E-state index < -0.39 is 0 Å². The van der Waals surface area contributed by atoms with Crippen LogP contribution in [0.15, 0.2) is 35.5 Å². The summed E-state index contributed by atoms with van der Waals surface area (Å²) in [5.41, 5.74) is 1.68. The number of benzene rings is 1. The third-order valence-electron chi connectivity index (χ3n) is 3.29. The average Bonchev–Trinajstić information content (AvgIpc) is 3.01. The van der Waals surface area contributed by atoms with Gasteiger partial charge in [0, 0.05) is 36.8 Å². The highest BCUT2D eigenvalue weighted by molar-refractivity contribution is 14.0. The fourth-order valence-corrected chi connectivity index (χ4v) is 2.86. The second-order valence-corrected chi connectivity index (χ2v) is 6.52. The molecule has 1 heterocycles. The molecule has 1 aromatic heterocycles. The van der Waals surface area contributed by atoms with Crippen molar-refractivity contribution in [3.63, 3.8) is 0 Å². The summed E-state index contributed by atoms with van der Waals surface area (Å²) >= 11 is 1.66. The number of nitrogens with one attached hydrogen (secondary N) is 3. The van der Waals surface area contributed by atoms with Gasteiger partial charge in [0.25, 0.3) is 5.91 Å². The molecule has 8 heteroatoms. The topological polar surface area (TPSA) is 78.4 Å². The third-order valence-corrected chi connectivity index (χ3v) is 4.20. The fourth-order valence-electron chi connectivity index (χ4n) is 2.13. The van der Waals surface area contributed by atoms with Gasteiger partial charge in [-0.25, -0.2) is 4.98 Å². The number of carbonyl (C=O) groups excluding carboxylic acids is 1. The number of aryl methyl sites for hydroxylation is 1. The van der Waals surface area contributed by atoms with Crippen molar-refractivity contribution in [2.75, 3.05) is 13.6 Å². The second-order valence-electron chi connectivity index (χ2n) is 5.20. The summed E-state index contributed by atoms with van der Waals surface area (Å²) in [6.07, 6.45) is 1.87. The predicted octanol–water partition coefficient (Wildman–Crippen LogP) is 2.68. The Labute approximate surface area is 169 Å². The number of hydrogen-bond acceptors (Lipinski definition) is 4. The zero-order valence-corrected chi connectivity index (χ0v) is 17.8. The molecule has 0 fully saturated rings. The van der Waals surface area contributed by atoms with E-state index in [2.05, 4.69) is 25.9 Å². The van der Waals surface area contributed by atoms with Gasteiger partial charge in [0.2, 0.25) is 0 Å². The van der Waals surface area contributed by atoms with Crippen molar-refractivity contribution in [3.05, 3.63) is 51.5 Å². The number of aromatic nitrogens is 1. The molecule has 136 valence electrons. The molecule has 1 aromatic carbocycles. The predicted molar refractivity (Wildman–Crippen MR) is 114 cm³/mol. The Balaban J connectivity index is 0.00000312. The Morgan fingerprint density at radius 1 is 1.24 bits per heavy atom. The Morgan fingerprint density at radius 3 is 2.64 bits per heavy atom. The molecule has 25 heavy (non-hydrogen) atoms. The number of nitrogens with zero attached hydrogens (tertiary/aromatic N) is 2. The zero-order valence-electron chi connectivity index (χ0n) is 14.6. The second kappa shape index (κ2) is 11.0. The number of amides is 1. The van der Waals surface area contributed by atoms with Gasteiger partial charge < -0.3 is 16.0 Å². The van der Waals surface area contributed by atoms with E-state index in [-0.39, 0.29) is 29.9 Å². The van der Waals surface area contributed by atoms with Crippen LogP contribution in [0.4, 0.5) is 0 Å². The number of rotatable bonds is 6. The van der Waals surface area contributed by atoms with Gasteiger partial charge in [0.1, 0.15) is 5.01 Å². The van der Waals surface area contributed by atoms with E-state index in [9.17, 15) is 4.79 Å². The van der Waals surface area contributed by atoms with Crippen molar-refractivity contribution in [2.45, 2.75) is 26.9 Å². The van der Waals surface area contributed by atoms with E-state index in [1.54, 1.807) is 18.4 Å². The standard InChI is InChI=1S/C17H23N5OS.HI/c1-4-19-16(23)14-7-5-6-13(8-14)10-21-17(18-3)22-11-15-20-9-12(2)24-15;/h5-9H,4,10-11H2,1-3H3,(H,19,23)(H2,18,21,22);1H. The maximum Gasteiger partial charge on any atom is 0.251 e. The molecule has 0 bridgehead atoms. The maximum absolute atomic E-state index is 11.9. The van der Waals surface area contributed by atoms with Crippen LogP contribution in [0.25, 0.3) is 0 Å². The molecule has 2 rings (SSSR count). The van der Waals surface area contributed by atoms with Gasteiger partial charge in [-0.15, -0.1) is 35.3 Å². The van der Waals surface area contributed by atoms with Crippen molar-refractivity contribution in [1.29, 1.82) is 0 Å². The van der Waals surface area contributed by atoms with E-state index in [4.69, 9.17) is 0 Å². The minimum Gasteiger partial charge on any atom is -0.352 e. The average molecular weight is 473 g/mol. The van der Waals surface area contributed by atoms with Crippen LogP contribution in [0.3, 0.4) is 0 Å². The first kappa shape index (κ1) is 21.4. The highest BCUT2D eigenvalue weighted by atomic mass is 127. The van der Waals surface area contributed by atoms with E-state index in [0.29, 0.717) is 31.2 Å².